The first-order valence-corrected chi connectivity index (χ1v) is 10.5. The topological polar surface area (TPSA) is 86.7 Å². The first-order chi connectivity index (χ1) is 12.9. The van der Waals surface area contributed by atoms with Crippen LogP contribution in [0.1, 0.15) is 39.9 Å². The van der Waals surface area contributed by atoms with E-state index in [1.807, 2.05) is 24.3 Å². The van der Waals surface area contributed by atoms with Crippen molar-refractivity contribution < 1.29 is 18.3 Å². The molecule has 0 unspecified atom stereocenters. The Hall–Kier alpha value is -2.22. The zero-order valence-electron chi connectivity index (χ0n) is 15.3. The van der Waals surface area contributed by atoms with Crippen LogP contribution in [0, 0.1) is 6.92 Å². The van der Waals surface area contributed by atoms with Gasteiger partial charge in [-0.05, 0) is 61.7 Å². The number of aromatic carboxylic acids is 1. The Labute approximate surface area is 159 Å². The quantitative estimate of drug-likeness (QED) is 0.762. The molecular formula is C20H24N2O4S. The molecular weight excluding hydrogens is 364 g/mol. The van der Waals surface area contributed by atoms with Crippen molar-refractivity contribution in [2.75, 3.05) is 13.1 Å². The third-order valence-corrected chi connectivity index (χ3v) is 6.43. The van der Waals surface area contributed by atoms with Gasteiger partial charge in [-0.2, -0.15) is 0 Å². The smallest absolute Gasteiger partial charge is 0.335 e. The van der Waals surface area contributed by atoms with Gasteiger partial charge in [0.25, 0.3) is 0 Å². The van der Waals surface area contributed by atoms with E-state index in [9.17, 15) is 13.2 Å². The highest BCUT2D eigenvalue weighted by molar-refractivity contribution is 7.89. The van der Waals surface area contributed by atoms with Crippen LogP contribution in [0.4, 0.5) is 0 Å². The monoisotopic (exact) mass is 388 g/mol. The van der Waals surface area contributed by atoms with Gasteiger partial charge in [0.05, 0.1) is 10.5 Å². The van der Waals surface area contributed by atoms with Crippen LogP contribution < -0.4 is 4.72 Å². The maximum absolute atomic E-state index is 12.7. The fraction of sp³-hybridized carbons (Fsp3) is 0.350. The molecule has 27 heavy (non-hydrogen) atoms. The normalized spacial score (nSPS) is 15.1. The molecule has 1 aliphatic rings. The molecule has 2 aromatic rings. The first-order valence-electron chi connectivity index (χ1n) is 8.99. The minimum atomic E-state index is -3.82. The Kier molecular flexibility index (Phi) is 5.94. The summed E-state index contributed by atoms with van der Waals surface area (Å²) in [5.74, 6) is -1.15. The van der Waals surface area contributed by atoms with E-state index in [1.54, 1.807) is 6.92 Å². The van der Waals surface area contributed by atoms with E-state index in [4.69, 9.17) is 5.11 Å². The summed E-state index contributed by atoms with van der Waals surface area (Å²) in [6.45, 7) is 4.78. The van der Waals surface area contributed by atoms with Crippen LogP contribution in [-0.4, -0.2) is 37.5 Å². The fourth-order valence-corrected chi connectivity index (χ4v) is 4.61. The molecule has 2 N–H and O–H groups in total. The number of carboxylic acid groups (broad SMARTS) is 1. The fourth-order valence-electron chi connectivity index (χ4n) is 3.34. The highest BCUT2D eigenvalue weighted by atomic mass is 32.2. The molecule has 1 fully saturated rings. The summed E-state index contributed by atoms with van der Waals surface area (Å²) in [6.07, 6.45) is 2.40. The van der Waals surface area contributed by atoms with Gasteiger partial charge in [-0.3, -0.25) is 4.90 Å². The van der Waals surface area contributed by atoms with E-state index in [0.717, 1.165) is 30.8 Å². The number of nitrogens with zero attached hydrogens (tertiary/aromatic N) is 1. The lowest BCUT2D eigenvalue weighted by Crippen LogP contribution is -2.26. The predicted molar refractivity (Wildman–Crippen MR) is 103 cm³/mol. The Morgan fingerprint density at radius 1 is 1.11 bits per heavy atom. The molecule has 0 amide bonds. The molecule has 1 saturated heterocycles. The number of nitrogens with one attached hydrogen (secondary N) is 1. The Morgan fingerprint density at radius 2 is 1.78 bits per heavy atom. The van der Waals surface area contributed by atoms with Crippen molar-refractivity contribution in [2.45, 2.75) is 37.8 Å². The maximum Gasteiger partial charge on any atom is 0.335 e. The zero-order valence-corrected chi connectivity index (χ0v) is 16.1. The van der Waals surface area contributed by atoms with Gasteiger partial charge in [0.1, 0.15) is 0 Å². The summed E-state index contributed by atoms with van der Waals surface area (Å²) >= 11 is 0. The lowest BCUT2D eigenvalue weighted by atomic mass is 10.1. The molecule has 7 heteroatoms. The molecule has 0 spiro atoms. The SMILES string of the molecule is Cc1ccc(C(=O)O)cc1S(=O)(=O)NCc1ccccc1CN1CCCC1. The molecule has 3 rings (SSSR count). The predicted octanol–water partition coefficient (Wildman–Crippen LogP) is 2.77. The molecule has 0 bridgehead atoms. The summed E-state index contributed by atoms with van der Waals surface area (Å²) in [5, 5.41) is 9.13. The molecule has 1 heterocycles. The average molecular weight is 388 g/mol. The minimum Gasteiger partial charge on any atom is -0.478 e. The number of hydrogen-bond acceptors (Lipinski definition) is 4. The molecule has 0 aromatic heterocycles. The number of likely N-dealkylation sites (tertiary alicyclic amines) is 1. The van der Waals surface area contributed by atoms with Gasteiger partial charge >= 0.3 is 5.97 Å². The highest BCUT2D eigenvalue weighted by Gasteiger charge is 2.20. The van der Waals surface area contributed by atoms with Crippen molar-refractivity contribution in [1.29, 1.82) is 0 Å². The number of hydrogen-bond donors (Lipinski definition) is 2. The molecule has 6 nitrogen and oxygen atoms in total. The average Bonchev–Trinajstić information content (AvgIpc) is 3.14. The van der Waals surface area contributed by atoms with Gasteiger partial charge in [-0.25, -0.2) is 17.9 Å². The van der Waals surface area contributed by atoms with E-state index in [-0.39, 0.29) is 17.0 Å². The van der Waals surface area contributed by atoms with E-state index < -0.39 is 16.0 Å². The van der Waals surface area contributed by atoms with Gasteiger partial charge in [0, 0.05) is 13.1 Å². The van der Waals surface area contributed by atoms with Crippen molar-refractivity contribution in [3.05, 3.63) is 64.7 Å². The number of benzene rings is 2. The number of aryl methyl sites for hydroxylation is 1. The molecule has 0 saturated carbocycles. The molecule has 144 valence electrons. The van der Waals surface area contributed by atoms with E-state index >= 15 is 0 Å². The van der Waals surface area contributed by atoms with Crippen LogP contribution in [-0.2, 0) is 23.1 Å². The summed E-state index contributed by atoms with van der Waals surface area (Å²) in [5.41, 5.74) is 2.51. The maximum atomic E-state index is 12.7. The second kappa shape index (κ2) is 8.21. The van der Waals surface area contributed by atoms with Crippen LogP contribution in [0.15, 0.2) is 47.4 Å². The van der Waals surface area contributed by atoms with Crippen molar-refractivity contribution in [3.8, 4) is 0 Å². The minimum absolute atomic E-state index is 0.000533. The van der Waals surface area contributed by atoms with E-state index in [1.165, 1.54) is 31.0 Å². The lowest BCUT2D eigenvalue weighted by molar-refractivity contribution is 0.0696. The number of sulfonamides is 1. The van der Waals surface area contributed by atoms with Gasteiger partial charge in [0.2, 0.25) is 10.0 Å². The summed E-state index contributed by atoms with van der Waals surface area (Å²) < 4.78 is 28.1. The summed E-state index contributed by atoms with van der Waals surface area (Å²) in [6, 6.07) is 11.9. The Balaban J connectivity index is 1.78. The number of carbonyl (C=O) groups is 1. The molecule has 0 aliphatic carbocycles. The van der Waals surface area contributed by atoms with Crippen molar-refractivity contribution in [3.63, 3.8) is 0 Å². The number of carboxylic acids is 1. The Morgan fingerprint density at radius 3 is 2.44 bits per heavy atom. The van der Waals surface area contributed by atoms with Crippen LogP contribution in [0.5, 0.6) is 0 Å². The van der Waals surface area contributed by atoms with Crippen molar-refractivity contribution in [1.82, 2.24) is 9.62 Å². The lowest BCUT2D eigenvalue weighted by Gasteiger charge is -2.18. The first kappa shape index (κ1) is 19.5. The van der Waals surface area contributed by atoms with E-state index in [0.29, 0.717) is 5.56 Å². The molecule has 2 aromatic carbocycles. The number of rotatable bonds is 7. The molecule has 0 radical (unpaired) electrons. The van der Waals surface area contributed by atoms with Crippen molar-refractivity contribution >= 4 is 16.0 Å². The van der Waals surface area contributed by atoms with Crippen LogP contribution in [0.3, 0.4) is 0 Å². The van der Waals surface area contributed by atoms with Gasteiger partial charge in [-0.1, -0.05) is 30.3 Å². The van der Waals surface area contributed by atoms with Crippen LogP contribution in [0.25, 0.3) is 0 Å². The van der Waals surface area contributed by atoms with Crippen LogP contribution >= 0.6 is 0 Å². The third kappa shape index (κ3) is 4.74. The Bertz CT molecular complexity index is 935. The second-order valence-electron chi connectivity index (χ2n) is 6.86. The van der Waals surface area contributed by atoms with Crippen molar-refractivity contribution in [2.24, 2.45) is 0 Å². The van der Waals surface area contributed by atoms with E-state index in [2.05, 4.69) is 9.62 Å². The summed E-state index contributed by atoms with van der Waals surface area (Å²) in [4.78, 5) is 13.5. The second-order valence-corrected chi connectivity index (χ2v) is 8.60. The highest BCUT2D eigenvalue weighted by Crippen LogP contribution is 2.19. The molecule has 1 aliphatic heterocycles. The van der Waals surface area contributed by atoms with Gasteiger partial charge in [-0.15, -0.1) is 0 Å². The summed E-state index contributed by atoms with van der Waals surface area (Å²) in [7, 11) is -3.82. The molecule has 0 atom stereocenters. The van der Waals surface area contributed by atoms with Crippen LogP contribution in [0.2, 0.25) is 0 Å². The third-order valence-electron chi connectivity index (χ3n) is 4.89. The largest absolute Gasteiger partial charge is 0.478 e. The standard InChI is InChI=1S/C20H24N2O4S/c1-15-8-9-16(20(23)24)12-19(15)27(25,26)21-13-17-6-2-3-7-18(17)14-22-10-4-5-11-22/h2-3,6-9,12,21H,4-5,10-11,13-14H2,1H3,(H,23,24). The van der Waals surface area contributed by atoms with Gasteiger partial charge < -0.3 is 5.11 Å². The zero-order chi connectivity index (χ0) is 19.4. The van der Waals surface area contributed by atoms with Gasteiger partial charge in [0.15, 0.2) is 0 Å².